The maximum Gasteiger partial charge on any atom is 0.458 e. The third kappa shape index (κ3) is 0.553. The van der Waals surface area contributed by atoms with Crippen molar-refractivity contribution in [2.75, 3.05) is 0 Å². The molecule has 0 radical (unpaired) electrons. The molecule has 2 bridgehead atoms. The maximum absolute atomic E-state index is 8.71. The maximum atomic E-state index is 8.71. The van der Waals surface area contributed by atoms with Crippen LogP contribution in [-0.2, 0) is 0 Å². The van der Waals surface area contributed by atoms with Gasteiger partial charge in [0.2, 0.25) is 0 Å². The predicted octanol–water partition coefficient (Wildman–Crippen LogP) is 1.12. The van der Waals surface area contributed by atoms with E-state index in [0.29, 0.717) is 6.04 Å². The van der Waals surface area contributed by atoms with Gasteiger partial charge in [0.05, 0.1) is 5.71 Å². The van der Waals surface area contributed by atoms with Crippen LogP contribution in [0.1, 0.15) is 26.2 Å². The molecular formula is C8H11N2+. The molecule has 1 aliphatic carbocycles. The second kappa shape index (κ2) is 1.82. The van der Waals surface area contributed by atoms with Crippen molar-refractivity contribution in [3.63, 3.8) is 0 Å². The van der Waals surface area contributed by atoms with Crippen LogP contribution in [0.2, 0.25) is 0 Å². The van der Waals surface area contributed by atoms with E-state index in [9.17, 15) is 0 Å². The zero-order chi connectivity index (χ0) is 7.14. The molecule has 0 amide bonds. The molecule has 2 nitrogen and oxygen atoms in total. The van der Waals surface area contributed by atoms with Gasteiger partial charge in [-0.2, -0.15) is 4.58 Å². The van der Waals surface area contributed by atoms with Crippen LogP contribution in [0.25, 0.3) is 0 Å². The molecule has 0 spiro atoms. The molecule has 1 saturated carbocycles. The minimum Gasteiger partial charge on any atom is -0.175 e. The first-order chi connectivity index (χ1) is 4.83. The second-order valence-electron chi connectivity index (χ2n) is 3.28. The van der Waals surface area contributed by atoms with Crippen LogP contribution in [0.15, 0.2) is 0 Å². The number of hydrogen-bond donors (Lipinski definition) is 0. The first kappa shape index (κ1) is 5.91. The molecule has 0 aromatic carbocycles. The molecule has 10 heavy (non-hydrogen) atoms. The van der Waals surface area contributed by atoms with E-state index in [1.807, 2.05) is 4.58 Å². The molecule has 2 heteroatoms. The van der Waals surface area contributed by atoms with E-state index in [-0.39, 0.29) is 0 Å². The van der Waals surface area contributed by atoms with E-state index in [0.717, 1.165) is 5.92 Å². The highest BCUT2D eigenvalue weighted by Crippen LogP contribution is 2.34. The summed E-state index contributed by atoms with van der Waals surface area (Å²) in [7, 11) is 0. The Kier molecular flexibility index (Phi) is 1.08. The molecule has 0 saturated heterocycles. The molecule has 1 heterocycles. The van der Waals surface area contributed by atoms with Crippen molar-refractivity contribution in [2.45, 2.75) is 32.2 Å². The minimum atomic E-state index is 0.565. The number of hydrogen-bond acceptors (Lipinski definition) is 1. The Morgan fingerprint density at radius 1 is 1.60 bits per heavy atom. The predicted molar refractivity (Wildman–Crippen MR) is 37.7 cm³/mol. The minimum absolute atomic E-state index is 0.565. The molecule has 2 unspecified atom stereocenters. The lowest BCUT2D eigenvalue weighted by Gasteiger charge is -2.06. The summed E-state index contributed by atoms with van der Waals surface area (Å²) < 4.78 is 1.90. The van der Waals surface area contributed by atoms with Gasteiger partial charge in [-0.05, 0) is 26.2 Å². The summed E-state index contributed by atoms with van der Waals surface area (Å²) in [6.45, 7) is 2.09. The Morgan fingerprint density at radius 2 is 2.40 bits per heavy atom. The van der Waals surface area contributed by atoms with Gasteiger partial charge in [-0.3, -0.25) is 0 Å². The van der Waals surface area contributed by atoms with Crippen molar-refractivity contribution in [1.29, 1.82) is 5.26 Å². The van der Waals surface area contributed by atoms with E-state index in [2.05, 4.69) is 13.1 Å². The van der Waals surface area contributed by atoms with Crippen LogP contribution in [0.5, 0.6) is 0 Å². The van der Waals surface area contributed by atoms with Crippen LogP contribution in [0.3, 0.4) is 0 Å². The lowest BCUT2D eigenvalue weighted by Crippen LogP contribution is -2.22. The van der Waals surface area contributed by atoms with Gasteiger partial charge < -0.3 is 0 Å². The lowest BCUT2D eigenvalue weighted by atomic mass is 10.0. The summed E-state index contributed by atoms with van der Waals surface area (Å²) in [5.41, 5.74) is 1.30. The highest BCUT2D eigenvalue weighted by molar-refractivity contribution is 5.81. The number of fused-ring (bicyclic) bond motifs is 2. The van der Waals surface area contributed by atoms with Gasteiger partial charge in [0, 0.05) is 5.92 Å². The molecule has 0 aromatic rings. The Balaban J connectivity index is 2.40. The van der Waals surface area contributed by atoms with Crippen molar-refractivity contribution >= 4 is 5.71 Å². The Hall–Kier alpha value is -0.840. The van der Waals surface area contributed by atoms with Gasteiger partial charge in [-0.15, -0.1) is 0 Å². The molecule has 2 aliphatic rings. The topological polar surface area (TPSA) is 26.8 Å². The van der Waals surface area contributed by atoms with Gasteiger partial charge in [-0.1, -0.05) is 0 Å². The van der Waals surface area contributed by atoms with Crippen LogP contribution >= 0.6 is 0 Å². The van der Waals surface area contributed by atoms with E-state index < -0.39 is 0 Å². The summed E-state index contributed by atoms with van der Waals surface area (Å²) in [5, 5.41) is 8.71. The average molecular weight is 135 g/mol. The van der Waals surface area contributed by atoms with Gasteiger partial charge in [0.15, 0.2) is 5.26 Å². The number of nitriles is 1. The van der Waals surface area contributed by atoms with Crippen LogP contribution in [0, 0.1) is 17.4 Å². The molecule has 2 atom stereocenters. The van der Waals surface area contributed by atoms with Crippen LogP contribution in [-0.4, -0.2) is 16.3 Å². The molecule has 1 aliphatic heterocycles. The molecule has 1 fully saturated rings. The summed E-state index contributed by atoms with van der Waals surface area (Å²) >= 11 is 0. The zero-order valence-corrected chi connectivity index (χ0v) is 6.17. The van der Waals surface area contributed by atoms with Gasteiger partial charge in [0.1, 0.15) is 6.04 Å². The van der Waals surface area contributed by atoms with Crippen molar-refractivity contribution in [1.82, 2.24) is 0 Å². The second-order valence-corrected chi connectivity index (χ2v) is 3.28. The van der Waals surface area contributed by atoms with Gasteiger partial charge >= 0.3 is 6.19 Å². The first-order valence-corrected chi connectivity index (χ1v) is 3.85. The SMILES string of the molecule is CC1=[N+](C#N)C2CCC1C2. The quantitative estimate of drug-likeness (QED) is 0.361. The normalized spacial score (nSPS) is 36.8. The zero-order valence-electron chi connectivity index (χ0n) is 6.17. The number of rotatable bonds is 0. The van der Waals surface area contributed by atoms with E-state index in [4.69, 9.17) is 5.26 Å². The Bertz CT molecular complexity index is 234. The summed E-state index contributed by atoms with van der Waals surface area (Å²) in [6, 6.07) is 0.565. The van der Waals surface area contributed by atoms with Crippen molar-refractivity contribution in [3.05, 3.63) is 0 Å². The molecule has 52 valence electrons. The largest absolute Gasteiger partial charge is 0.458 e. The highest BCUT2D eigenvalue weighted by Gasteiger charge is 2.41. The monoisotopic (exact) mass is 135 g/mol. The Morgan fingerprint density at radius 3 is 2.80 bits per heavy atom. The fourth-order valence-corrected chi connectivity index (χ4v) is 2.22. The fraction of sp³-hybridized carbons (Fsp3) is 0.750. The smallest absolute Gasteiger partial charge is 0.175 e. The van der Waals surface area contributed by atoms with Crippen LogP contribution < -0.4 is 0 Å². The summed E-state index contributed by atoms with van der Waals surface area (Å²) in [5.74, 6) is 0.740. The number of nitrogens with zero attached hydrogens (tertiary/aromatic N) is 2. The van der Waals surface area contributed by atoms with Gasteiger partial charge in [-0.25, -0.2) is 0 Å². The molecule has 0 N–H and O–H groups in total. The summed E-state index contributed by atoms with van der Waals surface area (Å²) in [6.07, 6.45) is 6.02. The van der Waals surface area contributed by atoms with E-state index in [1.165, 1.54) is 25.0 Å². The molecule has 0 aromatic heterocycles. The fourth-order valence-electron chi connectivity index (χ4n) is 2.22. The standard InChI is InChI=1S/C8H11N2/c1-6-7-2-3-8(4-7)10(6)5-9/h7-8H,2-4H2,1H3/q+1. The van der Waals surface area contributed by atoms with Crippen molar-refractivity contribution in [3.8, 4) is 6.19 Å². The third-order valence-corrected chi connectivity index (χ3v) is 2.85. The van der Waals surface area contributed by atoms with E-state index >= 15 is 0 Å². The third-order valence-electron chi connectivity index (χ3n) is 2.85. The van der Waals surface area contributed by atoms with Crippen molar-refractivity contribution in [2.24, 2.45) is 5.92 Å². The summed E-state index contributed by atoms with van der Waals surface area (Å²) in [4.78, 5) is 0. The molecule has 2 rings (SSSR count). The lowest BCUT2D eigenvalue weighted by molar-refractivity contribution is -0.476. The van der Waals surface area contributed by atoms with E-state index in [1.54, 1.807) is 0 Å². The van der Waals surface area contributed by atoms with Gasteiger partial charge in [0.25, 0.3) is 0 Å². The van der Waals surface area contributed by atoms with Crippen LogP contribution in [0.4, 0.5) is 0 Å². The van der Waals surface area contributed by atoms with Crippen molar-refractivity contribution < 1.29 is 4.58 Å². The first-order valence-electron chi connectivity index (χ1n) is 3.85. The average Bonchev–Trinajstić information content (AvgIpc) is 2.46. The highest BCUT2D eigenvalue weighted by atomic mass is 15.1. The Labute approximate surface area is 60.8 Å². The molecular weight excluding hydrogens is 124 g/mol.